The van der Waals surface area contributed by atoms with Crippen LogP contribution in [0.4, 0.5) is 10.5 Å². The molecule has 0 spiro atoms. The van der Waals surface area contributed by atoms with Crippen molar-refractivity contribution in [2.24, 2.45) is 5.92 Å². The summed E-state index contributed by atoms with van der Waals surface area (Å²) in [6.07, 6.45) is 3.28. The topological polar surface area (TPSA) is 66.0 Å². The SMILES string of the molecule is CCCCOC(=O)N1CCCC(C(=O)N2CCN(c3cc(C)nc4ccccc34)CC2)C1. The number of nitrogens with zero attached hydrogens (tertiary/aromatic N) is 4. The first kappa shape index (κ1) is 22.4. The van der Waals surface area contributed by atoms with E-state index >= 15 is 0 Å². The fraction of sp³-hybridized carbons (Fsp3) is 0.560. The van der Waals surface area contributed by atoms with Crippen molar-refractivity contribution < 1.29 is 14.3 Å². The Morgan fingerprint density at radius 2 is 1.88 bits per heavy atom. The van der Waals surface area contributed by atoms with Crippen molar-refractivity contribution >= 4 is 28.6 Å². The average Bonchev–Trinajstić information content (AvgIpc) is 2.83. The molecule has 0 aliphatic carbocycles. The van der Waals surface area contributed by atoms with Crippen molar-refractivity contribution in [3.05, 3.63) is 36.0 Å². The molecular weight excluding hydrogens is 404 g/mol. The van der Waals surface area contributed by atoms with E-state index < -0.39 is 0 Å². The Balaban J connectivity index is 1.35. The quantitative estimate of drug-likeness (QED) is 0.664. The highest BCUT2D eigenvalue weighted by Crippen LogP contribution is 2.28. The number of aryl methyl sites for hydroxylation is 1. The van der Waals surface area contributed by atoms with Crippen LogP contribution < -0.4 is 4.90 Å². The van der Waals surface area contributed by atoms with Crippen LogP contribution in [0.15, 0.2) is 30.3 Å². The third-order valence-electron chi connectivity index (χ3n) is 6.51. The molecule has 2 amide bonds. The molecule has 0 N–H and O–H groups in total. The first-order valence-corrected chi connectivity index (χ1v) is 11.9. The zero-order valence-corrected chi connectivity index (χ0v) is 19.3. The number of pyridine rings is 1. The Morgan fingerprint density at radius 3 is 2.66 bits per heavy atom. The van der Waals surface area contributed by atoms with Crippen LogP contribution >= 0.6 is 0 Å². The molecule has 0 radical (unpaired) electrons. The smallest absolute Gasteiger partial charge is 0.409 e. The van der Waals surface area contributed by atoms with Crippen LogP contribution in [0.1, 0.15) is 38.3 Å². The summed E-state index contributed by atoms with van der Waals surface area (Å²) in [7, 11) is 0. The first-order valence-electron chi connectivity index (χ1n) is 11.9. The van der Waals surface area contributed by atoms with E-state index in [0.29, 0.717) is 32.8 Å². The van der Waals surface area contributed by atoms with Gasteiger partial charge in [0.2, 0.25) is 5.91 Å². The second-order valence-electron chi connectivity index (χ2n) is 8.87. The Labute approximate surface area is 190 Å². The number of aromatic nitrogens is 1. The summed E-state index contributed by atoms with van der Waals surface area (Å²) >= 11 is 0. The van der Waals surface area contributed by atoms with E-state index in [4.69, 9.17) is 4.74 Å². The average molecular weight is 439 g/mol. The predicted molar refractivity (Wildman–Crippen MR) is 126 cm³/mol. The van der Waals surface area contributed by atoms with E-state index in [2.05, 4.69) is 28.9 Å². The summed E-state index contributed by atoms with van der Waals surface area (Å²) in [5.74, 6) is 0.0458. The highest BCUT2D eigenvalue weighted by molar-refractivity contribution is 5.92. The Kier molecular flexibility index (Phi) is 7.12. The zero-order valence-electron chi connectivity index (χ0n) is 19.3. The van der Waals surface area contributed by atoms with E-state index in [0.717, 1.165) is 55.4 Å². The summed E-state index contributed by atoms with van der Waals surface area (Å²) in [6, 6.07) is 10.4. The van der Waals surface area contributed by atoms with Gasteiger partial charge >= 0.3 is 6.09 Å². The number of rotatable bonds is 5. The van der Waals surface area contributed by atoms with Gasteiger partial charge in [0.15, 0.2) is 0 Å². The van der Waals surface area contributed by atoms with Crippen molar-refractivity contribution in [3.63, 3.8) is 0 Å². The van der Waals surface area contributed by atoms with Crippen LogP contribution in [0.2, 0.25) is 0 Å². The monoisotopic (exact) mass is 438 g/mol. The number of piperazine rings is 1. The van der Waals surface area contributed by atoms with Gasteiger partial charge in [-0.25, -0.2) is 4.79 Å². The molecule has 2 aliphatic heterocycles. The number of carbonyl (C=O) groups excluding carboxylic acids is 2. The van der Waals surface area contributed by atoms with Gasteiger partial charge in [0.25, 0.3) is 0 Å². The largest absolute Gasteiger partial charge is 0.449 e. The van der Waals surface area contributed by atoms with Crippen LogP contribution in [-0.2, 0) is 9.53 Å². The van der Waals surface area contributed by atoms with Crippen LogP contribution in [0.25, 0.3) is 10.9 Å². The maximum atomic E-state index is 13.2. The minimum Gasteiger partial charge on any atom is -0.449 e. The van der Waals surface area contributed by atoms with Gasteiger partial charge in [0, 0.05) is 56.0 Å². The lowest BCUT2D eigenvalue weighted by molar-refractivity contribution is -0.137. The summed E-state index contributed by atoms with van der Waals surface area (Å²) < 4.78 is 5.35. The van der Waals surface area contributed by atoms with Crippen LogP contribution in [0.3, 0.4) is 0 Å². The molecule has 4 rings (SSSR count). The number of benzene rings is 1. The molecule has 3 heterocycles. The molecule has 1 unspecified atom stereocenters. The number of para-hydroxylation sites is 1. The summed E-state index contributed by atoms with van der Waals surface area (Å²) in [6.45, 7) is 8.70. The van der Waals surface area contributed by atoms with Gasteiger partial charge in [-0.2, -0.15) is 0 Å². The minimum absolute atomic E-state index is 0.127. The van der Waals surface area contributed by atoms with E-state index in [9.17, 15) is 9.59 Å². The van der Waals surface area contributed by atoms with Gasteiger partial charge in [-0.3, -0.25) is 9.78 Å². The molecule has 1 aromatic heterocycles. The number of anilines is 1. The lowest BCUT2D eigenvalue weighted by Gasteiger charge is -2.39. The number of fused-ring (bicyclic) bond motifs is 1. The number of likely N-dealkylation sites (tertiary alicyclic amines) is 1. The Hall–Kier alpha value is -2.83. The fourth-order valence-corrected chi connectivity index (χ4v) is 4.71. The Bertz CT molecular complexity index is 955. The molecule has 2 saturated heterocycles. The van der Waals surface area contributed by atoms with E-state index in [1.165, 1.54) is 5.69 Å². The van der Waals surface area contributed by atoms with Crippen LogP contribution in [0.5, 0.6) is 0 Å². The maximum Gasteiger partial charge on any atom is 0.409 e. The first-order chi connectivity index (χ1) is 15.6. The highest BCUT2D eigenvalue weighted by atomic mass is 16.6. The van der Waals surface area contributed by atoms with Crippen LogP contribution in [0, 0.1) is 12.8 Å². The molecule has 7 heteroatoms. The second kappa shape index (κ2) is 10.2. The number of piperidine rings is 1. The van der Waals surface area contributed by atoms with Crippen molar-refractivity contribution in [1.82, 2.24) is 14.8 Å². The lowest BCUT2D eigenvalue weighted by Crippen LogP contribution is -2.53. The number of hydrogen-bond acceptors (Lipinski definition) is 5. The molecule has 2 fully saturated rings. The summed E-state index contributed by atoms with van der Waals surface area (Å²) in [5, 5.41) is 1.15. The van der Waals surface area contributed by atoms with Crippen molar-refractivity contribution in [1.29, 1.82) is 0 Å². The number of carbonyl (C=O) groups is 2. The van der Waals surface area contributed by atoms with E-state index in [-0.39, 0.29) is 17.9 Å². The molecule has 1 aromatic carbocycles. The summed E-state index contributed by atoms with van der Waals surface area (Å²) in [4.78, 5) is 36.2. The Morgan fingerprint density at radius 1 is 1.09 bits per heavy atom. The third-order valence-corrected chi connectivity index (χ3v) is 6.51. The molecular formula is C25H34N4O3. The number of ether oxygens (including phenoxy) is 1. The van der Waals surface area contributed by atoms with Crippen molar-refractivity contribution in [2.75, 3.05) is 50.8 Å². The van der Waals surface area contributed by atoms with Gasteiger partial charge < -0.3 is 19.4 Å². The minimum atomic E-state index is -0.277. The molecule has 7 nitrogen and oxygen atoms in total. The molecule has 2 aromatic rings. The standard InChI is InChI=1S/C25H34N4O3/c1-3-4-16-32-25(31)29-11-7-8-20(18-29)24(30)28-14-12-27(13-15-28)23-17-19(2)26-22-10-6-5-9-21(22)23/h5-6,9-10,17,20H,3-4,7-8,11-16,18H2,1-2H3. The van der Waals surface area contributed by atoms with Gasteiger partial charge in [-0.1, -0.05) is 31.5 Å². The van der Waals surface area contributed by atoms with Gasteiger partial charge in [-0.05, 0) is 38.3 Å². The zero-order chi connectivity index (χ0) is 22.5. The van der Waals surface area contributed by atoms with Gasteiger partial charge in [0.1, 0.15) is 0 Å². The molecule has 32 heavy (non-hydrogen) atoms. The maximum absolute atomic E-state index is 13.2. The van der Waals surface area contributed by atoms with E-state index in [1.807, 2.05) is 30.0 Å². The number of hydrogen-bond donors (Lipinski definition) is 0. The molecule has 172 valence electrons. The van der Waals surface area contributed by atoms with Crippen LogP contribution in [-0.4, -0.2) is 72.7 Å². The normalized spacial score (nSPS) is 19.3. The predicted octanol–water partition coefficient (Wildman–Crippen LogP) is 3.84. The second-order valence-corrected chi connectivity index (χ2v) is 8.87. The molecule has 2 aliphatic rings. The number of amides is 2. The molecule has 1 atom stereocenters. The van der Waals surface area contributed by atoms with E-state index in [1.54, 1.807) is 4.90 Å². The lowest BCUT2D eigenvalue weighted by atomic mass is 9.96. The fourth-order valence-electron chi connectivity index (χ4n) is 4.71. The van der Waals surface area contributed by atoms with Crippen molar-refractivity contribution in [2.45, 2.75) is 39.5 Å². The molecule has 0 bridgehead atoms. The summed E-state index contributed by atoms with van der Waals surface area (Å²) in [5.41, 5.74) is 3.21. The van der Waals surface area contributed by atoms with Crippen molar-refractivity contribution in [3.8, 4) is 0 Å². The third kappa shape index (κ3) is 4.97. The van der Waals surface area contributed by atoms with Gasteiger partial charge in [0.05, 0.1) is 18.0 Å². The molecule has 0 saturated carbocycles. The number of unbranched alkanes of at least 4 members (excludes halogenated alkanes) is 1. The van der Waals surface area contributed by atoms with Gasteiger partial charge in [-0.15, -0.1) is 0 Å². The highest BCUT2D eigenvalue weighted by Gasteiger charge is 2.33.